The number of hydrogen-bond donors (Lipinski definition) is 1. The predicted octanol–water partition coefficient (Wildman–Crippen LogP) is 4.88. The molecule has 1 N–H and O–H groups in total. The number of halogens is 1. The molecule has 1 amide bonds. The summed E-state index contributed by atoms with van der Waals surface area (Å²) >= 11 is 3.39. The molecule has 2 aromatic rings. The van der Waals surface area contributed by atoms with E-state index in [0.29, 0.717) is 24.8 Å². The van der Waals surface area contributed by atoms with E-state index in [-0.39, 0.29) is 11.7 Å². The lowest BCUT2D eigenvalue weighted by Gasteiger charge is -2.35. The topological polar surface area (TPSA) is 58.6 Å². The molecule has 0 unspecified atom stereocenters. The summed E-state index contributed by atoms with van der Waals surface area (Å²) in [5, 5.41) is 3.01. The highest BCUT2D eigenvalue weighted by Crippen LogP contribution is 2.33. The van der Waals surface area contributed by atoms with Gasteiger partial charge in [-0.05, 0) is 92.4 Å². The minimum Gasteiger partial charge on any atom is -0.492 e. The maximum Gasteiger partial charge on any atom is 0.251 e. The van der Waals surface area contributed by atoms with Gasteiger partial charge in [0.05, 0.1) is 0 Å². The third-order valence-corrected chi connectivity index (χ3v) is 6.62. The molecule has 32 heavy (non-hydrogen) atoms. The van der Waals surface area contributed by atoms with Gasteiger partial charge in [-0.2, -0.15) is 0 Å². The number of nitrogens with zero attached hydrogens (tertiary/aromatic N) is 1. The number of unbranched alkanes of at least 4 members (excludes halogenated alkanes) is 1. The summed E-state index contributed by atoms with van der Waals surface area (Å²) < 4.78 is 7.06. The fourth-order valence-electron chi connectivity index (χ4n) is 4.38. The first-order chi connectivity index (χ1) is 15.5. The number of allylic oxidation sites excluding steroid dienone is 1. The molecular weight excluding hydrogens is 468 g/mol. The van der Waals surface area contributed by atoms with Crippen LogP contribution in [0.25, 0.3) is 6.08 Å². The molecule has 0 spiro atoms. The Hall–Kier alpha value is -2.44. The molecule has 4 rings (SSSR count). The average molecular weight is 497 g/mol. The number of amides is 1. The van der Waals surface area contributed by atoms with Gasteiger partial charge >= 0.3 is 0 Å². The fourth-order valence-corrected chi connectivity index (χ4v) is 4.65. The van der Waals surface area contributed by atoms with Crippen LogP contribution in [0.5, 0.6) is 5.75 Å². The molecule has 0 radical (unpaired) electrons. The third-order valence-electron chi connectivity index (χ3n) is 6.09. The van der Waals surface area contributed by atoms with Gasteiger partial charge in [0.1, 0.15) is 12.4 Å². The summed E-state index contributed by atoms with van der Waals surface area (Å²) in [4.78, 5) is 26.8. The zero-order valence-corrected chi connectivity index (χ0v) is 20.0. The van der Waals surface area contributed by atoms with Crippen LogP contribution in [-0.4, -0.2) is 48.9 Å². The molecule has 0 saturated carbocycles. The number of rotatable bonds is 9. The van der Waals surface area contributed by atoms with Gasteiger partial charge in [0, 0.05) is 28.2 Å². The first-order valence-electron chi connectivity index (χ1n) is 11.3. The van der Waals surface area contributed by atoms with Gasteiger partial charge in [-0.25, -0.2) is 0 Å². The standard InChI is InChI=1S/C26H29BrN2O3/c1-2-12-29(13-4-3-11-28-26(31)18-5-8-21(27)9-6-18)22-14-20-15-23-19(7-10-24(23)30)16-25(20)32-17-22/h5-10,15-16,22H,2-4,11-14,17H2,1H3,(H,28,31)/t22-/m0/s1. The van der Waals surface area contributed by atoms with E-state index in [1.54, 1.807) is 6.08 Å². The summed E-state index contributed by atoms with van der Waals surface area (Å²) in [5.74, 6) is 0.962. The molecule has 1 aliphatic heterocycles. The highest BCUT2D eigenvalue weighted by Gasteiger charge is 2.27. The Morgan fingerprint density at radius 3 is 2.75 bits per heavy atom. The molecule has 0 saturated heterocycles. The Bertz CT molecular complexity index is 1020. The van der Waals surface area contributed by atoms with Crippen molar-refractivity contribution in [2.24, 2.45) is 0 Å². The normalized spacial score (nSPS) is 16.6. The smallest absolute Gasteiger partial charge is 0.251 e. The SMILES string of the molecule is CCCN(CCCCNC(=O)c1ccc(Br)cc1)[C@@H]1COc2cc3c(cc2C1)C(=O)C=C3. The number of benzene rings is 2. The molecule has 1 atom stereocenters. The predicted molar refractivity (Wildman–Crippen MR) is 130 cm³/mol. The fraction of sp³-hybridized carbons (Fsp3) is 0.385. The quantitative estimate of drug-likeness (QED) is 0.502. The van der Waals surface area contributed by atoms with Crippen LogP contribution >= 0.6 is 15.9 Å². The molecular formula is C26H29BrN2O3. The van der Waals surface area contributed by atoms with Crippen molar-refractivity contribution in [2.45, 2.75) is 38.6 Å². The molecule has 0 bridgehead atoms. The van der Waals surface area contributed by atoms with Gasteiger partial charge in [0.2, 0.25) is 0 Å². The molecule has 2 aliphatic rings. The van der Waals surface area contributed by atoms with Crippen LogP contribution < -0.4 is 10.1 Å². The number of fused-ring (bicyclic) bond motifs is 2. The van der Waals surface area contributed by atoms with Crippen LogP contribution in [0.15, 0.2) is 46.9 Å². The van der Waals surface area contributed by atoms with E-state index in [1.807, 2.05) is 42.5 Å². The van der Waals surface area contributed by atoms with E-state index < -0.39 is 0 Å². The molecule has 1 heterocycles. The zero-order chi connectivity index (χ0) is 22.5. The number of nitrogens with one attached hydrogen (secondary N) is 1. The second-order valence-electron chi connectivity index (χ2n) is 8.42. The van der Waals surface area contributed by atoms with Gasteiger partial charge < -0.3 is 10.1 Å². The minimum absolute atomic E-state index is 0.0308. The lowest BCUT2D eigenvalue weighted by atomic mass is 9.96. The van der Waals surface area contributed by atoms with Crippen LogP contribution in [0.3, 0.4) is 0 Å². The first-order valence-corrected chi connectivity index (χ1v) is 12.1. The molecule has 168 valence electrons. The Morgan fingerprint density at radius 1 is 1.16 bits per heavy atom. The van der Waals surface area contributed by atoms with Gasteiger partial charge in [-0.1, -0.05) is 28.9 Å². The van der Waals surface area contributed by atoms with Crippen molar-refractivity contribution in [1.29, 1.82) is 0 Å². The number of hydrogen-bond acceptors (Lipinski definition) is 4. The van der Waals surface area contributed by atoms with Crippen molar-refractivity contribution in [3.63, 3.8) is 0 Å². The first kappa shape index (κ1) is 22.7. The maximum atomic E-state index is 12.2. The van der Waals surface area contributed by atoms with Gasteiger partial charge in [0.15, 0.2) is 5.78 Å². The molecule has 0 fully saturated rings. The Morgan fingerprint density at radius 2 is 1.97 bits per heavy atom. The number of ketones is 1. The highest BCUT2D eigenvalue weighted by atomic mass is 79.9. The van der Waals surface area contributed by atoms with Crippen LogP contribution in [-0.2, 0) is 6.42 Å². The highest BCUT2D eigenvalue weighted by molar-refractivity contribution is 9.10. The van der Waals surface area contributed by atoms with Crippen molar-refractivity contribution in [3.05, 3.63) is 69.2 Å². The summed E-state index contributed by atoms with van der Waals surface area (Å²) in [6, 6.07) is 11.7. The molecule has 2 aromatic carbocycles. The third kappa shape index (κ3) is 5.30. The van der Waals surface area contributed by atoms with E-state index in [9.17, 15) is 9.59 Å². The molecule has 1 aliphatic carbocycles. The summed E-state index contributed by atoms with van der Waals surface area (Å²) in [5.41, 5.74) is 3.55. The maximum absolute atomic E-state index is 12.2. The van der Waals surface area contributed by atoms with Crippen LogP contribution in [0.2, 0.25) is 0 Å². The van der Waals surface area contributed by atoms with Crippen molar-refractivity contribution < 1.29 is 14.3 Å². The van der Waals surface area contributed by atoms with Crippen LogP contribution in [0.4, 0.5) is 0 Å². The largest absolute Gasteiger partial charge is 0.492 e. The Labute approximate surface area is 198 Å². The van der Waals surface area contributed by atoms with E-state index in [1.165, 1.54) is 0 Å². The minimum atomic E-state index is -0.0308. The summed E-state index contributed by atoms with van der Waals surface area (Å²) in [6.45, 7) is 5.51. The number of carbonyl (C=O) groups excluding carboxylic acids is 2. The molecule has 6 heteroatoms. The second-order valence-corrected chi connectivity index (χ2v) is 9.34. The summed E-state index contributed by atoms with van der Waals surface area (Å²) in [6.07, 6.45) is 7.42. The average Bonchev–Trinajstić information content (AvgIpc) is 3.16. The van der Waals surface area contributed by atoms with Gasteiger partial charge in [-0.3, -0.25) is 14.5 Å². The van der Waals surface area contributed by atoms with Crippen molar-refractivity contribution in [3.8, 4) is 5.75 Å². The lowest BCUT2D eigenvalue weighted by Crippen LogP contribution is -2.44. The van der Waals surface area contributed by atoms with Crippen molar-refractivity contribution in [2.75, 3.05) is 26.2 Å². The van der Waals surface area contributed by atoms with E-state index in [0.717, 1.165) is 65.7 Å². The van der Waals surface area contributed by atoms with E-state index in [2.05, 4.69) is 33.1 Å². The molecule has 5 nitrogen and oxygen atoms in total. The monoisotopic (exact) mass is 496 g/mol. The van der Waals surface area contributed by atoms with Crippen LogP contribution in [0.1, 0.15) is 58.0 Å². The van der Waals surface area contributed by atoms with Crippen molar-refractivity contribution >= 4 is 33.7 Å². The molecule has 0 aromatic heterocycles. The van der Waals surface area contributed by atoms with Crippen molar-refractivity contribution in [1.82, 2.24) is 10.2 Å². The van der Waals surface area contributed by atoms with Crippen LogP contribution in [0, 0.1) is 0 Å². The van der Waals surface area contributed by atoms with E-state index >= 15 is 0 Å². The Kier molecular flexibility index (Phi) is 7.43. The zero-order valence-electron chi connectivity index (χ0n) is 18.4. The van der Waals surface area contributed by atoms with E-state index in [4.69, 9.17) is 4.74 Å². The number of carbonyl (C=O) groups is 2. The van der Waals surface area contributed by atoms with Gasteiger partial charge in [-0.15, -0.1) is 0 Å². The second kappa shape index (κ2) is 10.5. The number of ether oxygens (including phenoxy) is 1. The lowest BCUT2D eigenvalue weighted by molar-refractivity contribution is 0.0950. The Balaban J connectivity index is 1.27. The van der Waals surface area contributed by atoms with Gasteiger partial charge in [0.25, 0.3) is 5.91 Å². The summed E-state index contributed by atoms with van der Waals surface area (Å²) in [7, 11) is 0.